The number of ether oxygens (including phenoxy) is 2. The number of aryl methyl sites for hydroxylation is 2. The van der Waals surface area contributed by atoms with Gasteiger partial charge >= 0.3 is 5.97 Å². The predicted octanol–water partition coefficient (Wildman–Crippen LogP) is 6.04. The molecule has 5 nitrogen and oxygen atoms in total. The van der Waals surface area contributed by atoms with Gasteiger partial charge in [0.1, 0.15) is 11.6 Å². The summed E-state index contributed by atoms with van der Waals surface area (Å²) >= 11 is 0. The number of imidazole rings is 1. The zero-order valence-corrected chi connectivity index (χ0v) is 20.3. The Balaban J connectivity index is 1.25. The topological polar surface area (TPSA) is 53.4 Å². The fraction of sp³-hybridized carbons (Fsp3) is 0.333. The highest BCUT2D eigenvalue weighted by atomic mass is 16.5. The van der Waals surface area contributed by atoms with E-state index in [9.17, 15) is 4.79 Å². The molecule has 0 saturated heterocycles. The van der Waals surface area contributed by atoms with Crippen LogP contribution < -0.4 is 4.74 Å². The van der Waals surface area contributed by atoms with Crippen LogP contribution in [0.15, 0.2) is 60.7 Å². The molecule has 2 heterocycles. The molecular formula is C30H30N2O3. The Kier molecular flexibility index (Phi) is 5.56. The zero-order valence-electron chi connectivity index (χ0n) is 20.3. The summed E-state index contributed by atoms with van der Waals surface area (Å²) < 4.78 is 13.1. The molecule has 1 aliphatic carbocycles. The van der Waals surface area contributed by atoms with Crippen molar-refractivity contribution < 1.29 is 14.3 Å². The van der Waals surface area contributed by atoms with Gasteiger partial charge in [-0.2, -0.15) is 0 Å². The van der Waals surface area contributed by atoms with Crippen molar-refractivity contribution in [3.05, 3.63) is 88.7 Å². The molecule has 0 radical (unpaired) electrons. The Hall–Kier alpha value is -3.60. The van der Waals surface area contributed by atoms with Crippen molar-refractivity contribution in [2.24, 2.45) is 0 Å². The lowest BCUT2D eigenvalue weighted by atomic mass is 9.94. The van der Waals surface area contributed by atoms with Crippen molar-refractivity contribution >= 4 is 17.0 Å². The molecular weight excluding hydrogens is 436 g/mol. The van der Waals surface area contributed by atoms with E-state index in [4.69, 9.17) is 14.5 Å². The van der Waals surface area contributed by atoms with Crippen LogP contribution in [0.1, 0.15) is 59.2 Å². The maximum Gasteiger partial charge on any atom is 0.306 e. The SMILES string of the molecule is COC(=O)C[C@@H]1COc2cc(CCc3cccc(-n4c(C5CC5)nc5ccccc54)c3C)ccc21. The largest absolute Gasteiger partial charge is 0.493 e. The van der Waals surface area contributed by atoms with Gasteiger partial charge < -0.3 is 9.47 Å². The zero-order chi connectivity index (χ0) is 23.9. The number of benzene rings is 3. The van der Waals surface area contributed by atoms with E-state index in [0.717, 1.165) is 29.7 Å². The number of carbonyl (C=O) groups is 1. The summed E-state index contributed by atoms with van der Waals surface area (Å²) in [5, 5.41) is 0. The molecule has 0 bridgehead atoms. The molecule has 1 saturated carbocycles. The van der Waals surface area contributed by atoms with Crippen molar-refractivity contribution in [3.63, 3.8) is 0 Å². The molecule has 2 aliphatic rings. The number of hydrogen-bond acceptors (Lipinski definition) is 4. The highest BCUT2D eigenvalue weighted by Crippen LogP contribution is 2.42. The highest BCUT2D eigenvalue weighted by Gasteiger charge is 2.30. The van der Waals surface area contributed by atoms with Gasteiger partial charge in [-0.1, -0.05) is 36.4 Å². The van der Waals surface area contributed by atoms with E-state index in [1.807, 2.05) is 0 Å². The second-order valence-corrected chi connectivity index (χ2v) is 9.79. The van der Waals surface area contributed by atoms with E-state index in [0.29, 0.717) is 18.9 Å². The fourth-order valence-electron chi connectivity index (χ4n) is 5.31. The van der Waals surface area contributed by atoms with Crippen molar-refractivity contribution in [3.8, 4) is 11.4 Å². The summed E-state index contributed by atoms with van der Waals surface area (Å²) in [6.07, 6.45) is 4.70. The van der Waals surface area contributed by atoms with Gasteiger partial charge in [-0.05, 0) is 73.6 Å². The number of aromatic nitrogens is 2. The van der Waals surface area contributed by atoms with Crippen LogP contribution in [0.4, 0.5) is 0 Å². The van der Waals surface area contributed by atoms with Crippen molar-refractivity contribution in [2.75, 3.05) is 13.7 Å². The van der Waals surface area contributed by atoms with E-state index in [1.165, 1.54) is 53.7 Å². The molecule has 0 N–H and O–H groups in total. The number of methoxy groups -OCH3 is 1. The number of esters is 1. The second-order valence-electron chi connectivity index (χ2n) is 9.79. The maximum atomic E-state index is 11.7. The molecule has 6 rings (SSSR count). The summed E-state index contributed by atoms with van der Waals surface area (Å²) in [5.74, 6) is 2.56. The summed E-state index contributed by atoms with van der Waals surface area (Å²) in [6.45, 7) is 2.77. The Morgan fingerprint density at radius 1 is 1.09 bits per heavy atom. The normalized spacial score (nSPS) is 16.8. The lowest BCUT2D eigenvalue weighted by molar-refractivity contribution is -0.141. The summed E-state index contributed by atoms with van der Waals surface area (Å²) in [6, 6.07) is 21.5. The Bertz CT molecular complexity index is 1420. The molecule has 0 unspecified atom stereocenters. The first-order chi connectivity index (χ1) is 17.1. The van der Waals surface area contributed by atoms with Crippen LogP contribution >= 0.6 is 0 Å². The average Bonchev–Trinajstić information content (AvgIpc) is 3.55. The lowest BCUT2D eigenvalue weighted by Crippen LogP contribution is -2.09. The minimum absolute atomic E-state index is 0.0797. The average molecular weight is 467 g/mol. The Morgan fingerprint density at radius 2 is 1.94 bits per heavy atom. The lowest BCUT2D eigenvalue weighted by Gasteiger charge is -2.16. The molecule has 5 heteroatoms. The first-order valence-corrected chi connectivity index (χ1v) is 12.5. The third kappa shape index (κ3) is 4.09. The standard InChI is InChI=1S/C30H30N2O3/c1-19-21(12-10-20-11-15-24-23(17-29(33)34-2)18-35-28(24)16-20)6-5-9-26(19)32-27-8-4-3-7-25(27)31-30(32)22-13-14-22/h3-9,11,15-16,22-23H,10,12-14,17-18H2,1-2H3/t23-/m1/s1. The van der Waals surface area contributed by atoms with E-state index >= 15 is 0 Å². The molecule has 35 heavy (non-hydrogen) atoms. The van der Waals surface area contributed by atoms with Gasteiger partial charge in [-0.25, -0.2) is 4.98 Å². The quantitative estimate of drug-likeness (QED) is 0.312. The molecule has 3 aromatic carbocycles. The number of carbonyl (C=O) groups excluding carboxylic acids is 1. The van der Waals surface area contributed by atoms with E-state index in [2.05, 4.69) is 72.2 Å². The number of nitrogens with zero attached hydrogens (tertiary/aromatic N) is 2. The van der Waals surface area contributed by atoms with E-state index in [1.54, 1.807) is 0 Å². The molecule has 4 aromatic rings. The molecule has 0 spiro atoms. The molecule has 178 valence electrons. The van der Waals surface area contributed by atoms with Crippen LogP contribution in [-0.4, -0.2) is 29.2 Å². The van der Waals surface area contributed by atoms with Gasteiger partial charge in [0.05, 0.1) is 36.9 Å². The van der Waals surface area contributed by atoms with Gasteiger partial charge in [0, 0.05) is 17.4 Å². The Morgan fingerprint density at radius 3 is 2.77 bits per heavy atom. The van der Waals surface area contributed by atoms with Gasteiger partial charge in [-0.15, -0.1) is 0 Å². The van der Waals surface area contributed by atoms with E-state index in [-0.39, 0.29) is 11.9 Å². The molecule has 1 atom stereocenters. The maximum absolute atomic E-state index is 11.7. The van der Waals surface area contributed by atoms with Crippen LogP contribution in [-0.2, 0) is 22.4 Å². The number of rotatable bonds is 7. The Labute approximate surface area is 205 Å². The van der Waals surface area contributed by atoms with Gasteiger partial charge in [-0.3, -0.25) is 9.36 Å². The minimum atomic E-state index is -0.193. The summed E-state index contributed by atoms with van der Waals surface area (Å²) in [5.41, 5.74) is 8.52. The predicted molar refractivity (Wildman–Crippen MR) is 137 cm³/mol. The van der Waals surface area contributed by atoms with Crippen molar-refractivity contribution in [1.29, 1.82) is 0 Å². The van der Waals surface area contributed by atoms with Crippen LogP contribution in [0.2, 0.25) is 0 Å². The van der Waals surface area contributed by atoms with Crippen LogP contribution in [0, 0.1) is 6.92 Å². The first kappa shape index (κ1) is 21.9. The number of fused-ring (bicyclic) bond motifs is 2. The fourth-order valence-corrected chi connectivity index (χ4v) is 5.31. The number of hydrogen-bond donors (Lipinski definition) is 0. The minimum Gasteiger partial charge on any atom is -0.493 e. The van der Waals surface area contributed by atoms with Crippen LogP contribution in [0.5, 0.6) is 5.75 Å². The van der Waals surface area contributed by atoms with Gasteiger partial charge in [0.2, 0.25) is 0 Å². The third-order valence-corrected chi connectivity index (χ3v) is 7.47. The monoisotopic (exact) mass is 466 g/mol. The molecule has 0 amide bonds. The second kappa shape index (κ2) is 8.88. The molecule has 1 aromatic heterocycles. The summed E-state index contributed by atoms with van der Waals surface area (Å²) in [4.78, 5) is 16.7. The summed E-state index contributed by atoms with van der Waals surface area (Å²) in [7, 11) is 1.43. The van der Waals surface area contributed by atoms with Gasteiger partial charge in [0.15, 0.2) is 0 Å². The molecule has 1 aliphatic heterocycles. The molecule has 1 fully saturated rings. The van der Waals surface area contributed by atoms with Crippen LogP contribution in [0.3, 0.4) is 0 Å². The van der Waals surface area contributed by atoms with Crippen molar-refractivity contribution in [1.82, 2.24) is 9.55 Å². The van der Waals surface area contributed by atoms with Crippen molar-refractivity contribution in [2.45, 2.75) is 50.9 Å². The van der Waals surface area contributed by atoms with Crippen LogP contribution in [0.25, 0.3) is 16.7 Å². The third-order valence-electron chi connectivity index (χ3n) is 7.47. The van der Waals surface area contributed by atoms with Gasteiger partial charge in [0.25, 0.3) is 0 Å². The van der Waals surface area contributed by atoms with E-state index < -0.39 is 0 Å². The smallest absolute Gasteiger partial charge is 0.306 e. The highest BCUT2D eigenvalue weighted by molar-refractivity contribution is 5.79. The first-order valence-electron chi connectivity index (χ1n) is 12.5. The number of para-hydroxylation sites is 2.